The number of likely N-dealkylation sites (tertiary alicyclic amines) is 1. The van der Waals surface area contributed by atoms with Gasteiger partial charge in [-0.3, -0.25) is 9.59 Å². The Kier molecular flexibility index (Phi) is 6.19. The first-order valence-corrected chi connectivity index (χ1v) is 10.7. The zero-order valence-electron chi connectivity index (χ0n) is 18.6. The number of carbonyl (C=O) groups excluding carboxylic acids is 2. The molecule has 2 fully saturated rings. The summed E-state index contributed by atoms with van der Waals surface area (Å²) in [5.41, 5.74) is 2.19. The molecule has 0 aromatic heterocycles. The number of methoxy groups -OCH3 is 1. The summed E-state index contributed by atoms with van der Waals surface area (Å²) >= 11 is 0. The van der Waals surface area contributed by atoms with E-state index in [0.29, 0.717) is 24.5 Å². The van der Waals surface area contributed by atoms with Crippen LogP contribution in [0, 0.1) is 0 Å². The van der Waals surface area contributed by atoms with Crippen LogP contribution in [0.15, 0.2) is 54.1 Å². The number of anilines is 1. The SMILES string of the molecule is COc1ccccc1/C(O)=C1/C(=O)C(=O)N(CC2CCCO2)C1c1ccc(N(C)C)cc1. The second-order valence-electron chi connectivity index (χ2n) is 8.27. The lowest BCUT2D eigenvalue weighted by Crippen LogP contribution is -2.36. The van der Waals surface area contributed by atoms with Crippen LogP contribution in [0.25, 0.3) is 5.76 Å². The highest BCUT2D eigenvalue weighted by molar-refractivity contribution is 6.46. The number of nitrogens with zero attached hydrogens (tertiary/aromatic N) is 2. The quantitative estimate of drug-likeness (QED) is 0.425. The van der Waals surface area contributed by atoms with E-state index in [1.165, 1.54) is 12.0 Å². The highest BCUT2D eigenvalue weighted by Gasteiger charge is 2.47. The van der Waals surface area contributed by atoms with Crippen molar-refractivity contribution in [1.29, 1.82) is 0 Å². The molecule has 2 aliphatic rings. The van der Waals surface area contributed by atoms with Crippen molar-refractivity contribution < 1.29 is 24.2 Å². The predicted octanol–water partition coefficient (Wildman–Crippen LogP) is 3.36. The third-order valence-electron chi connectivity index (χ3n) is 6.05. The number of para-hydroxylation sites is 1. The number of hydrogen-bond donors (Lipinski definition) is 1. The average molecular weight is 437 g/mol. The number of aliphatic hydroxyl groups excluding tert-OH is 1. The Labute approximate surface area is 187 Å². The van der Waals surface area contributed by atoms with E-state index in [2.05, 4.69) is 0 Å². The molecule has 2 atom stereocenters. The van der Waals surface area contributed by atoms with Crippen molar-refractivity contribution in [2.75, 3.05) is 39.3 Å². The maximum absolute atomic E-state index is 13.2. The summed E-state index contributed by atoms with van der Waals surface area (Å²) in [5, 5.41) is 11.2. The van der Waals surface area contributed by atoms with E-state index in [4.69, 9.17) is 9.47 Å². The van der Waals surface area contributed by atoms with Crippen LogP contribution in [0.5, 0.6) is 5.75 Å². The number of amides is 1. The van der Waals surface area contributed by atoms with Crippen molar-refractivity contribution in [3.05, 3.63) is 65.2 Å². The first-order valence-electron chi connectivity index (χ1n) is 10.7. The summed E-state index contributed by atoms with van der Waals surface area (Å²) in [5.74, 6) is -1.14. The normalized spacial score (nSPS) is 22.4. The van der Waals surface area contributed by atoms with Crippen LogP contribution in [0.3, 0.4) is 0 Å². The molecule has 4 rings (SSSR count). The smallest absolute Gasteiger partial charge is 0.295 e. The molecule has 2 aromatic carbocycles. The van der Waals surface area contributed by atoms with Crippen LogP contribution in [-0.2, 0) is 14.3 Å². The summed E-state index contributed by atoms with van der Waals surface area (Å²) in [4.78, 5) is 29.8. The molecular weight excluding hydrogens is 408 g/mol. The van der Waals surface area contributed by atoms with Gasteiger partial charge in [-0.05, 0) is 42.7 Å². The Balaban J connectivity index is 1.84. The molecule has 2 heterocycles. The summed E-state index contributed by atoms with van der Waals surface area (Å²) in [6.45, 7) is 0.950. The van der Waals surface area contributed by atoms with Crippen LogP contribution in [0.4, 0.5) is 5.69 Å². The molecule has 2 aromatic rings. The van der Waals surface area contributed by atoms with E-state index in [0.717, 1.165) is 24.1 Å². The fourth-order valence-electron chi connectivity index (χ4n) is 4.36. The molecule has 2 aliphatic heterocycles. The third kappa shape index (κ3) is 3.96. The van der Waals surface area contributed by atoms with Crippen LogP contribution < -0.4 is 9.64 Å². The molecule has 0 bridgehead atoms. The van der Waals surface area contributed by atoms with Gasteiger partial charge in [0.15, 0.2) is 0 Å². The number of ketones is 1. The molecule has 0 radical (unpaired) electrons. The first-order chi connectivity index (χ1) is 15.4. The van der Waals surface area contributed by atoms with Gasteiger partial charge in [0.1, 0.15) is 11.5 Å². The molecule has 1 amide bonds. The van der Waals surface area contributed by atoms with Crippen molar-refractivity contribution >= 4 is 23.1 Å². The van der Waals surface area contributed by atoms with Gasteiger partial charge in [0, 0.05) is 32.9 Å². The van der Waals surface area contributed by atoms with Crippen molar-refractivity contribution in [1.82, 2.24) is 4.90 Å². The fraction of sp³-hybridized carbons (Fsp3) is 0.360. The zero-order chi connectivity index (χ0) is 22.8. The van der Waals surface area contributed by atoms with Crippen LogP contribution in [0.2, 0.25) is 0 Å². The minimum atomic E-state index is -0.708. The van der Waals surface area contributed by atoms with Crippen LogP contribution in [-0.4, -0.2) is 62.2 Å². The second-order valence-corrected chi connectivity index (χ2v) is 8.27. The van der Waals surface area contributed by atoms with E-state index in [1.54, 1.807) is 24.3 Å². The Bertz CT molecular complexity index is 1040. The van der Waals surface area contributed by atoms with Gasteiger partial charge in [-0.2, -0.15) is 0 Å². The average Bonchev–Trinajstić information content (AvgIpc) is 3.41. The Hall–Kier alpha value is -3.32. The van der Waals surface area contributed by atoms with E-state index < -0.39 is 17.7 Å². The minimum Gasteiger partial charge on any atom is -0.507 e. The summed E-state index contributed by atoms with van der Waals surface area (Å²) in [6.07, 6.45) is 1.64. The molecule has 7 nitrogen and oxygen atoms in total. The Morgan fingerprint density at radius 2 is 1.88 bits per heavy atom. The molecule has 0 aliphatic carbocycles. The number of benzene rings is 2. The number of rotatable bonds is 6. The molecule has 0 saturated carbocycles. The highest BCUT2D eigenvalue weighted by atomic mass is 16.5. The van der Waals surface area contributed by atoms with Gasteiger partial charge in [0.2, 0.25) is 0 Å². The standard InChI is InChI=1S/C25H28N2O5/c1-26(2)17-12-10-16(11-13-17)22-21(23(28)19-8-4-5-9-20(19)31-3)24(29)25(30)27(22)15-18-7-6-14-32-18/h4-5,8-13,18,22,28H,6-7,14-15H2,1-3H3/b23-21-. The van der Waals surface area contributed by atoms with Crippen LogP contribution >= 0.6 is 0 Å². The maximum Gasteiger partial charge on any atom is 0.295 e. The van der Waals surface area contributed by atoms with Gasteiger partial charge >= 0.3 is 0 Å². The molecule has 32 heavy (non-hydrogen) atoms. The van der Waals surface area contributed by atoms with Gasteiger partial charge in [-0.25, -0.2) is 0 Å². The molecular formula is C25H28N2O5. The summed E-state index contributed by atoms with van der Waals surface area (Å²) in [7, 11) is 5.39. The van der Waals surface area contributed by atoms with Gasteiger partial charge in [0.25, 0.3) is 11.7 Å². The summed E-state index contributed by atoms with van der Waals surface area (Å²) in [6, 6.07) is 13.9. The van der Waals surface area contributed by atoms with Gasteiger partial charge in [-0.15, -0.1) is 0 Å². The lowest BCUT2D eigenvalue weighted by atomic mass is 9.94. The van der Waals surface area contributed by atoms with Crippen molar-refractivity contribution in [3.8, 4) is 5.75 Å². The third-order valence-corrected chi connectivity index (χ3v) is 6.05. The first kappa shape index (κ1) is 21.9. The van der Waals surface area contributed by atoms with Crippen molar-refractivity contribution in [2.45, 2.75) is 25.0 Å². The topological polar surface area (TPSA) is 79.3 Å². The van der Waals surface area contributed by atoms with Crippen molar-refractivity contribution in [3.63, 3.8) is 0 Å². The fourth-order valence-corrected chi connectivity index (χ4v) is 4.36. The number of Topliss-reactive ketones (excluding diaryl/α,β-unsaturated/α-hetero) is 1. The molecule has 168 valence electrons. The summed E-state index contributed by atoms with van der Waals surface area (Å²) < 4.78 is 11.1. The van der Waals surface area contributed by atoms with Crippen LogP contribution in [0.1, 0.15) is 30.0 Å². The Morgan fingerprint density at radius 1 is 1.16 bits per heavy atom. The molecule has 0 spiro atoms. The van der Waals surface area contributed by atoms with Crippen molar-refractivity contribution in [2.24, 2.45) is 0 Å². The monoisotopic (exact) mass is 436 g/mol. The predicted molar refractivity (Wildman–Crippen MR) is 122 cm³/mol. The largest absolute Gasteiger partial charge is 0.507 e. The minimum absolute atomic E-state index is 0.0649. The molecule has 2 saturated heterocycles. The second kappa shape index (κ2) is 9.04. The zero-order valence-corrected chi connectivity index (χ0v) is 18.6. The maximum atomic E-state index is 13.2. The molecule has 7 heteroatoms. The molecule has 1 N–H and O–H groups in total. The van der Waals surface area contributed by atoms with Gasteiger partial charge in [-0.1, -0.05) is 24.3 Å². The number of hydrogen-bond acceptors (Lipinski definition) is 6. The highest BCUT2D eigenvalue weighted by Crippen LogP contribution is 2.41. The number of aliphatic hydroxyl groups is 1. The van der Waals surface area contributed by atoms with E-state index in [1.807, 2.05) is 43.3 Å². The lowest BCUT2D eigenvalue weighted by Gasteiger charge is -2.28. The van der Waals surface area contributed by atoms with E-state index >= 15 is 0 Å². The van der Waals surface area contributed by atoms with E-state index in [-0.39, 0.29) is 17.4 Å². The lowest BCUT2D eigenvalue weighted by molar-refractivity contribution is -0.140. The van der Waals surface area contributed by atoms with E-state index in [9.17, 15) is 14.7 Å². The van der Waals surface area contributed by atoms with Gasteiger partial charge < -0.3 is 24.4 Å². The number of carbonyl (C=O) groups is 2. The van der Waals surface area contributed by atoms with Gasteiger partial charge in [0.05, 0.1) is 30.4 Å². The molecule has 2 unspecified atom stereocenters. The number of ether oxygens (including phenoxy) is 2. The Morgan fingerprint density at radius 3 is 2.50 bits per heavy atom.